The minimum atomic E-state index is 0.716. The summed E-state index contributed by atoms with van der Waals surface area (Å²) in [6, 6.07) is 0. The van der Waals surface area contributed by atoms with Gasteiger partial charge in [0.2, 0.25) is 0 Å². The molecule has 0 aliphatic heterocycles. The molecule has 0 heteroatoms. The van der Waals surface area contributed by atoms with Crippen molar-refractivity contribution in [3.05, 3.63) is 0 Å². The van der Waals surface area contributed by atoms with Crippen LogP contribution in [0.5, 0.6) is 0 Å². The Morgan fingerprint density at radius 3 is 2.19 bits per heavy atom. The van der Waals surface area contributed by atoms with Crippen molar-refractivity contribution in [3.63, 3.8) is 0 Å². The maximum atomic E-state index is 2.57. The zero-order chi connectivity index (χ0) is 11.6. The molecule has 2 rings (SSSR count). The van der Waals surface area contributed by atoms with E-state index in [9.17, 15) is 0 Å². The predicted molar refractivity (Wildman–Crippen MR) is 71.5 cm³/mol. The molecule has 4 unspecified atom stereocenters. The van der Waals surface area contributed by atoms with Crippen molar-refractivity contribution < 1.29 is 0 Å². The molecule has 0 amide bonds. The van der Waals surface area contributed by atoms with E-state index in [4.69, 9.17) is 0 Å². The fraction of sp³-hybridized carbons (Fsp3) is 1.00. The topological polar surface area (TPSA) is 0 Å². The summed E-state index contributed by atoms with van der Waals surface area (Å²) in [4.78, 5) is 0. The largest absolute Gasteiger partial charge is 0.0651 e. The second-order valence-electron chi connectivity index (χ2n) is 6.99. The first-order valence-corrected chi connectivity index (χ1v) is 7.65. The molecule has 0 saturated heterocycles. The number of hydrogen-bond acceptors (Lipinski definition) is 0. The molecular formula is C16H30. The number of hydrogen-bond donors (Lipinski definition) is 0. The van der Waals surface area contributed by atoms with Crippen LogP contribution in [0.4, 0.5) is 0 Å². The average Bonchev–Trinajstić information content (AvgIpc) is 2.85. The molecule has 0 bridgehead atoms. The van der Waals surface area contributed by atoms with E-state index in [-0.39, 0.29) is 0 Å². The van der Waals surface area contributed by atoms with E-state index in [2.05, 4.69) is 20.8 Å². The lowest BCUT2D eigenvalue weighted by Crippen LogP contribution is -2.16. The highest BCUT2D eigenvalue weighted by molar-refractivity contribution is 4.89. The second kappa shape index (κ2) is 5.10. The van der Waals surface area contributed by atoms with Gasteiger partial charge < -0.3 is 0 Å². The summed E-state index contributed by atoms with van der Waals surface area (Å²) in [5, 5.41) is 0. The highest BCUT2D eigenvalue weighted by Crippen LogP contribution is 2.49. The van der Waals surface area contributed by atoms with E-state index in [1.165, 1.54) is 44.9 Å². The molecule has 0 N–H and O–H groups in total. The predicted octanol–water partition coefficient (Wildman–Crippen LogP) is 5.42. The van der Waals surface area contributed by atoms with E-state index in [0.29, 0.717) is 5.41 Å². The van der Waals surface area contributed by atoms with Crippen LogP contribution < -0.4 is 0 Å². The summed E-state index contributed by atoms with van der Waals surface area (Å²) in [5.74, 6) is 3.19. The van der Waals surface area contributed by atoms with Crippen LogP contribution in [0.1, 0.15) is 78.6 Å². The second-order valence-corrected chi connectivity index (χ2v) is 6.99. The Labute approximate surface area is 102 Å². The molecule has 2 saturated carbocycles. The molecule has 2 aliphatic carbocycles. The van der Waals surface area contributed by atoms with E-state index in [1.807, 2.05) is 0 Å². The van der Waals surface area contributed by atoms with Crippen LogP contribution in [0.15, 0.2) is 0 Å². The lowest BCUT2D eigenvalue weighted by atomic mass is 9.78. The highest BCUT2D eigenvalue weighted by Gasteiger charge is 2.37. The third kappa shape index (κ3) is 2.81. The maximum absolute atomic E-state index is 2.57. The minimum absolute atomic E-state index is 0.716. The molecule has 2 aliphatic rings. The van der Waals surface area contributed by atoms with Crippen LogP contribution in [0.2, 0.25) is 0 Å². The van der Waals surface area contributed by atoms with Crippen molar-refractivity contribution in [1.29, 1.82) is 0 Å². The van der Waals surface area contributed by atoms with Crippen molar-refractivity contribution in [2.24, 2.45) is 23.2 Å². The van der Waals surface area contributed by atoms with Crippen LogP contribution in [0, 0.1) is 23.2 Å². The minimum Gasteiger partial charge on any atom is -0.0651 e. The Kier molecular flexibility index (Phi) is 3.97. The summed E-state index contributed by atoms with van der Waals surface area (Å²) in [7, 11) is 0. The molecule has 0 nitrogen and oxygen atoms in total. The van der Waals surface area contributed by atoms with Crippen molar-refractivity contribution in [3.8, 4) is 0 Å². The Balaban J connectivity index is 1.81. The lowest BCUT2D eigenvalue weighted by molar-refractivity contribution is 0.234. The molecule has 2 fully saturated rings. The van der Waals surface area contributed by atoms with Crippen LogP contribution >= 0.6 is 0 Å². The Morgan fingerprint density at radius 1 is 0.938 bits per heavy atom. The fourth-order valence-electron chi connectivity index (χ4n) is 4.42. The molecule has 94 valence electrons. The van der Waals surface area contributed by atoms with Gasteiger partial charge >= 0.3 is 0 Å². The maximum Gasteiger partial charge on any atom is -0.0320 e. The Morgan fingerprint density at radius 2 is 1.62 bits per heavy atom. The normalized spacial score (nSPS) is 44.1. The van der Waals surface area contributed by atoms with Crippen LogP contribution in [-0.4, -0.2) is 0 Å². The summed E-state index contributed by atoms with van der Waals surface area (Å²) in [6.45, 7) is 7.32. The van der Waals surface area contributed by atoms with Gasteiger partial charge in [-0.15, -0.1) is 0 Å². The van der Waals surface area contributed by atoms with Gasteiger partial charge in [0.1, 0.15) is 0 Å². The molecule has 0 heterocycles. The van der Waals surface area contributed by atoms with Gasteiger partial charge in [0.25, 0.3) is 0 Å². The molecule has 0 aromatic rings. The standard InChI is InChI=1S/C16H30/c1-4-13-6-7-15(10-13)12-16(3)9-8-14(5-2)11-16/h13-15H,4-12H2,1-3H3. The van der Waals surface area contributed by atoms with Crippen molar-refractivity contribution in [1.82, 2.24) is 0 Å². The average molecular weight is 222 g/mol. The molecular weight excluding hydrogens is 192 g/mol. The summed E-state index contributed by atoms with van der Waals surface area (Å²) in [6.07, 6.45) is 13.5. The first kappa shape index (κ1) is 12.5. The van der Waals surface area contributed by atoms with Crippen molar-refractivity contribution in [2.75, 3.05) is 0 Å². The zero-order valence-electron chi connectivity index (χ0n) is 11.6. The third-order valence-electron chi connectivity index (χ3n) is 5.52. The van der Waals surface area contributed by atoms with Crippen LogP contribution in [0.3, 0.4) is 0 Å². The lowest BCUT2D eigenvalue weighted by Gasteiger charge is -2.28. The molecule has 4 atom stereocenters. The third-order valence-corrected chi connectivity index (χ3v) is 5.52. The molecule has 0 aromatic carbocycles. The zero-order valence-corrected chi connectivity index (χ0v) is 11.6. The summed E-state index contributed by atoms with van der Waals surface area (Å²) < 4.78 is 0. The van der Waals surface area contributed by atoms with Gasteiger partial charge in [-0.1, -0.05) is 46.5 Å². The number of rotatable bonds is 4. The highest BCUT2D eigenvalue weighted by atomic mass is 14.4. The first-order valence-electron chi connectivity index (χ1n) is 7.65. The molecule has 0 radical (unpaired) electrons. The van der Waals surface area contributed by atoms with Gasteiger partial charge in [0, 0.05) is 0 Å². The van der Waals surface area contributed by atoms with Gasteiger partial charge in [0.05, 0.1) is 0 Å². The van der Waals surface area contributed by atoms with Crippen LogP contribution in [0.25, 0.3) is 0 Å². The van der Waals surface area contributed by atoms with Gasteiger partial charge in [-0.3, -0.25) is 0 Å². The van der Waals surface area contributed by atoms with E-state index in [1.54, 1.807) is 12.8 Å². The van der Waals surface area contributed by atoms with Crippen LogP contribution in [-0.2, 0) is 0 Å². The van der Waals surface area contributed by atoms with Gasteiger partial charge in [0.15, 0.2) is 0 Å². The molecule has 16 heavy (non-hydrogen) atoms. The van der Waals surface area contributed by atoms with Gasteiger partial charge in [-0.2, -0.15) is 0 Å². The quantitative estimate of drug-likeness (QED) is 0.596. The van der Waals surface area contributed by atoms with Crippen molar-refractivity contribution >= 4 is 0 Å². The van der Waals surface area contributed by atoms with Gasteiger partial charge in [-0.05, 0) is 55.3 Å². The monoisotopic (exact) mass is 222 g/mol. The summed E-state index contributed by atoms with van der Waals surface area (Å²) in [5.41, 5.74) is 0.716. The molecule has 0 spiro atoms. The fourth-order valence-corrected chi connectivity index (χ4v) is 4.42. The Hall–Kier alpha value is 0. The first-order chi connectivity index (χ1) is 7.65. The van der Waals surface area contributed by atoms with E-state index >= 15 is 0 Å². The van der Waals surface area contributed by atoms with E-state index < -0.39 is 0 Å². The van der Waals surface area contributed by atoms with E-state index in [0.717, 1.165) is 17.8 Å². The van der Waals surface area contributed by atoms with Gasteiger partial charge in [-0.25, -0.2) is 0 Å². The SMILES string of the molecule is CCC1CCC(CC2(C)CCC(CC)C2)C1. The molecule has 0 aromatic heterocycles. The summed E-state index contributed by atoms with van der Waals surface area (Å²) >= 11 is 0. The smallest absolute Gasteiger partial charge is 0.0320 e. The van der Waals surface area contributed by atoms with Crippen molar-refractivity contribution in [2.45, 2.75) is 78.6 Å². The Bertz CT molecular complexity index is 220.